The highest BCUT2D eigenvalue weighted by Gasteiger charge is 2.24. The van der Waals surface area contributed by atoms with Crippen molar-refractivity contribution in [1.82, 2.24) is 10.3 Å². The smallest absolute Gasteiger partial charge is 0.128 e. The molecule has 1 fully saturated rings. The molecule has 2 rings (SSSR count). The van der Waals surface area contributed by atoms with E-state index in [0.29, 0.717) is 0 Å². The van der Waals surface area contributed by atoms with Gasteiger partial charge in [-0.3, -0.25) is 0 Å². The normalized spacial score (nSPS) is 15.4. The minimum absolute atomic E-state index is 0.0946. The van der Waals surface area contributed by atoms with Gasteiger partial charge < -0.3 is 10.2 Å². The Labute approximate surface area is 123 Å². The number of rotatable bonds is 6. The second kappa shape index (κ2) is 6.13. The van der Waals surface area contributed by atoms with Gasteiger partial charge in [-0.2, -0.15) is 0 Å². The first kappa shape index (κ1) is 15.3. The van der Waals surface area contributed by atoms with Crippen LogP contribution in [0.25, 0.3) is 0 Å². The van der Waals surface area contributed by atoms with Crippen molar-refractivity contribution in [2.75, 3.05) is 25.0 Å². The lowest BCUT2D eigenvalue weighted by molar-refractivity contribution is 0.565. The number of nitrogens with zero attached hydrogens (tertiary/aromatic N) is 2. The lowest BCUT2D eigenvalue weighted by Gasteiger charge is -2.24. The fourth-order valence-corrected chi connectivity index (χ4v) is 2.30. The van der Waals surface area contributed by atoms with Crippen LogP contribution >= 0.6 is 0 Å². The molecule has 0 spiro atoms. The van der Waals surface area contributed by atoms with E-state index in [1.54, 1.807) is 0 Å². The van der Waals surface area contributed by atoms with E-state index in [2.05, 4.69) is 57.1 Å². The van der Waals surface area contributed by atoms with Gasteiger partial charge >= 0.3 is 0 Å². The summed E-state index contributed by atoms with van der Waals surface area (Å²) in [6.07, 6.45) is 2.76. The summed E-state index contributed by atoms with van der Waals surface area (Å²) in [5, 5.41) is 3.42. The maximum Gasteiger partial charge on any atom is 0.128 e. The Morgan fingerprint density at radius 3 is 2.55 bits per heavy atom. The second-order valence-electron chi connectivity index (χ2n) is 7.07. The van der Waals surface area contributed by atoms with Gasteiger partial charge in [0.2, 0.25) is 0 Å². The molecule has 0 radical (unpaired) electrons. The molecule has 1 N–H and O–H groups in total. The SMILES string of the molecule is CCNCc1cc(N(C)CC2CC2)nc(C(C)(C)C)c1. The summed E-state index contributed by atoms with van der Waals surface area (Å²) in [5.74, 6) is 2.01. The van der Waals surface area contributed by atoms with E-state index >= 15 is 0 Å². The van der Waals surface area contributed by atoms with Crippen molar-refractivity contribution in [3.63, 3.8) is 0 Å². The number of aromatic nitrogens is 1. The van der Waals surface area contributed by atoms with Gasteiger partial charge in [0, 0.05) is 31.2 Å². The van der Waals surface area contributed by atoms with Crippen LogP contribution in [0.2, 0.25) is 0 Å². The molecule has 0 bridgehead atoms. The first-order valence-electron chi connectivity index (χ1n) is 7.83. The molecule has 0 unspecified atom stereocenters. The Hall–Kier alpha value is -1.09. The maximum atomic E-state index is 4.89. The van der Waals surface area contributed by atoms with Crippen molar-refractivity contribution < 1.29 is 0 Å². The molecule has 1 aromatic heterocycles. The molecule has 0 amide bonds. The van der Waals surface area contributed by atoms with Crippen LogP contribution in [0.15, 0.2) is 12.1 Å². The van der Waals surface area contributed by atoms with Gasteiger partial charge in [0.05, 0.1) is 0 Å². The van der Waals surface area contributed by atoms with E-state index in [9.17, 15) is 0 Å². The maximum absolute atomic E-state index is 4.89. The minimum atomic E-state index is 0.0946. The summed E-state index contributed by atoms with van der Waals surface area (Å²) in [5.41, 5.74) is 2.62. The zero-order chi connectivity index (χ0) is 14.8. The number of pyridine rings is 1. The van der Waals surface area contributed by atoms with Gasteiger partial charge in [0.1, 0.15) is 5.82 Å². The Morgan fingerprint density at radius 2 is 2.00 bits per heavy atom. The van der Waals surface area contributed by atoms with Gasteiger partial charge in [-0.25, -0.2) is 4.98 Å². The summed E-state index contributed by atoms with van der Waals surface area (Å²) in [7, 11) is 2.17. The molecule has 0 aromatic carbocycles. The summed E-state index contributed by atoms with van der Waals surface area (Å²) in [6, 6.07) is 4.48. The molecule has 0 atom stereocenters. The molecule has 0 saturated heterocycles. The Balaban J connectivity index is 2.23. The van der Waals surface area contributed by atoms with E-state index in [1.165, 1.54) is 24.1 Å². The first-order valence-corrected chi connectivity index (χ1v) is 7.83. The molecule has 1 aromatic rings. The molecule has 0 aliphatic heterocycles. The Bertz CT molecular complexity index is 444. The van der Waals surface area contributed by atoms with Crippen LogP contribution < -0.4 is 10.2 Å². The van der Waals surface area contributed by atoms with Gasteiger partial charge in [-0.05, 0) is 43.0 Å². The molecule has 20 heavy (non-hydrogen) atoms. The topological polar surface area (TPSA) is 28.2 Å². The summed E-state index contributed by atoms with van der Waals surface area (Å²) < 4.78 is 0. The van der Waals surface area contributed by atoms with Gasteiger partial charge in [0.25, 0.3) is 0 Å². The number of hydrogen-bond donors (Lipinski definition) is 1. The van der Waals surface area contributed by atoms with Crippen molar-refractivity contribution in [2.45, 2.75) is 52.5 Å². The molecule has 1 heterocycles. The van der Waals surface area contributed by atoms with Crippen molar-refractivity contribution >= 4 is 5.82 Å². The highest BCUT2D eigenvalue weighted by Crippen LogP contribution is 2.31. The van der Waals surface area contributed by atoms with Crippen LogP contribution in [0.5, 0.6) is 0 Å². The van der Waals surface area contributed by atoms with Crippen LogP contribution in [0.3, 0.4) is 0 Å². The van der Waals surface area contributed by atoms with Crippen LogP contribution in [0.4, 0.5) is 5.82 Å². The average Bonchev–Trinajstić information content (AvgIpc) is 3.18. The van der Waals surface area contributed by atoms with E-state index < -0.39 is 0 Å². The number of nitrogens with one attached hydrogen (secondary N) is 1. The second-order valence-corrected chi connectivity index (χ2v) is 7.07. The molecular formula is C17H29N3. The molecule has 3 heteroatoms. The zero-order valence-corrected chi connectivity index (χ0v) is 13.7. The highest BCUT2D eigenvalue weighted by atomic mass is 15.2. The third kappa shape index (κ3) is 4.20. The first-order chi connectivity index (χ1) is 9.40. The Morgan fingerprint density at radius 1 is 1.30 bits per heavy atom. The van der Waals surface area contributed by atoms with Gasteiger partial charge in [0.15, 0.2) is 0 Å². The quantitative estimate of drug-likeness (QED) is 0.863. The summed E-state index contributed by atoms with van der Waals surface area (Å²) in [4.78, 5) is 7.21. The standard InChI is InChI=1S/C17H29N3/c1-6-18-11-14-9-15(17(2,3)4)19-16(10-14)20(5)12-13-7-8-13/h9-10,13,18H,6-8,11-12H2,1-5H3. The molecule has 1 aliphatic carbocycles. The van der Waals surface area contributed by atoms with Gasteiger partial charge in [-0.1, -0.05) is 27.7 Å². The third-order valence-electron chi connectivity index (χ3n) is 3.84. The van der Waals surface area contributed by atoms with Gasteiger partial charge in [-0.15, -0.1) is 0 Å². The third-order valence-corrected chi connectivity index (χ3v) is 3.84. The molecule has 1 saturated carbocycles. The van der Waals surface area contributed by atoms with Crippen molar-refractivity contribution in [3.8, 4) is 0 Å². The highest BCUT2D eigenvalue weighted by molar-refractivity contribution is 5.43. The largest absolute Gasteiger partial charge is 0.359 e. The van der Waals surface area contributed by atoms with Crippen LogP contribution in [0.1, 0.15) is 51.8 Å². The van der Waals surface area contributed by atoms with E-state index in [1.807, 2.05) is 0 Å². The van der Waals surface area contributed by atoms with Crippen molar-refractivity contribution in [1.29, 1.82) is 0 Å². The van der Waals surface area contributed by atoms with E-state index in [0.717, 1.165) is 31.4 Å². The van der Waals surface area contributed by atoms with Crippen LogP contribution in [0, 0.1) is 5.92 Å². The summed E-state index contributed by atoms with van der Waals surface area (Å²) >= 11 is 0. The lowest BCUT2D eigenvalue weighted by Crippen LogP contribution is -2.24. The lowest BCUT2D eigenvalue weighted by atomic mass is 9.90. The van der Waals surface area contributed by atoms with Crippen LogP contribution in [-0.4, -0.2) is 25.1 Å². The number of hydrogen-bond acceptors (Lipinski definition) is 3. The van der Waals surface area contributed by atoms with Crippen molar-refractivity contribution in [2.24, 2.45) is 5.92 Å². The average molecular weight is 275 g/mol. The Kier molecular flexibility index (Phi) is 4.69. The summed E-state index contributed by atoms with van der Waals surface area (Å²) in [6.45, 7) is 11.9. The molecule has 3 nitrogen and oxygen atoms in total. The van der Waals surface area contributed by atoms with E-state index in [4.69, 9.17) is 4.98 Å². The monoisotopic (exact) mass is 275 g/mol. The predicted molar refractivity (Wildman–Crippen MR) is 86.3 cm³/mol. The zero-order valence-electron chi connectivity index (χ0n) is 13.7. The molecule has 1 aliphatic rings. The fraction of sp³-hybridized carbons (Fsp3) is 0.706. The number of anilines is 1. The fourth-order valence-electron chi connectivity index (χ4n) is 2.30. The predicted octanol–water partition coefficient (Wildman–Crippen LogP) is 3.33. The van der Waals surface area contributed by atoms with Crippen molar-refractivity contribution in [3.05, 3.63) is 23.4 Å². The van der Waals surface area contributed by atoms with E-state index in [-0.39, 0.29) is 5.41 Å². The molecule has 112 valence electrons. The molecular weight excluding hydrogens is 246 g/mol. The minimum Gasteiger partial charge on any atom is -0.359 e. The van der Waals surface area contributed by atoms with Crippen LogP contribution in [-0.2, 0) is 12.0 Å².